The molecule has 1 aliphatic carbocycles. The van der Waals surface area contributed by atoms with E-state index in [-0.39, 0.29) is 35.2 Å². The number of allylic oxidation sites excluding steroid dienone is 1. The standard InChI is InChI=1S/C50H63ClN8O8SSi/c1-50(2)21-18-36(42(32-50)35-10-12-37(51)13-11-35)33-56-22-24-57(25-23-56)39-14-16-41(47(30-39)67-46-9-7-8-44-48(46)52-54-58(44)34-66-28-29-69(4,5)6)49(60)53-68(63,64)40-15-17-43(45(31-40)59(61)62)55(3)38-19-26-65-27-20-38/h7-17,30-31,38H,18-29,32-34H2,1-6H3,(H,53,60). The minimum Gasteiger partial charge on any atom is -0.454 e. The number of ether oxygens (including phenoxy) is 3. The molecule has 8 rings (SSSR count). The van der Waals surface area contributed by atoms with Gasteiger partial charge >= 0.3 is 0 Å². The Hall–Kier alpha value is -5.37. The lowest BCUT2D eigenvalue weighted by molar-refractivity contribution is -0.384. The molecule has 4 aromatic carbocycles. The first-order valence-electron chi connectivity index (χ1n) is 23.7. The summed E-state index contributed by atoms with van der Waals surface area (Å²) in [5.41, 5.74) is 5.99. The van der Waals surface area contributed by atoms with E-state index in [4.69, 9.17) is 25.8 Å². The minimum absolute atomic E-state index is 0.0191. The first kappa shape index (κ1) is 50.0. The lowest BCUT2D eigenvalue weighted by Gasteiger charge is -2.39. The zero-order valence-electron chi connectivity index (χ0n) is 40.4. The Morgan fingerprint density at radius 3 is 2.45 bits per heavy atom. The van der Waals surface area contributed by atoms with Crippen LogP contribution in [0.15, 0.2) is 89.3 Å². The van der Waals surface area contributed by atoms with Gasteiger partial charge in [0.1, 0.15) is 18.2 Å². The zero-order chi connectivity index (χ0) is 49.1. The van der Waals surface area contributed by atoms with Gasteiger partial charge < -0.3 is 24.0 Å². The Labute approximate surface area is 410 Å². The number of nitrogens with zero attached hydrogens (tertiary/aromatic N) is 7. The summed E-state index contributed by atoms with van der Waals surface area (Å²) in [6.07, 6.45) is 4.51. The van der Waals surface area contributed by atoms with Gasteiger partial charge in [0.15, 0.2) is 11.3 Å². The maximum Gasteiger partial charge on any atom is 0.293 e. The molecule has 0 spiro atoms. The zero-order valence-corrected chi connectivity index (χ0v) is 42.9. The Morgan fingerprint density at radius 1 is 1.00 bits per heavy atom. The predicted molar refractivity (Wildman–Crippen MR) is 273 cm³/mol. The van der Waals surface area contributed by atoms with Gasteiger partial charge in [-0.05, 0) is 103 Å². The van der Waals surface area contributed by atoms with Gasteiger partial charge in [0.25, 0.3) is 21.6 Å². The van der Waals surface area contributed by atoms with E-state index in [2.05, 4.69) is 70.5 Å². The molecule has 1 aromatic heterocycles. The second kappa shape index (κ2) is 20.9. The molecule has 3 aliphatic rings. The number of hydrogen-bond acceptors (Lipinski definition) is 13. The summed E-state index contributed by atoms with van der Waals surface area (Å²) in [6, 6.07) is 23.3. The number of sulfonamides is 1. The third-order valence-corrected chi connectivity index (χ3v) is 16.8. The molecule has 0 atom stereocenters. The Bertz CT molecular complexity index is 2820. The van der Waals surface area contributed by atoms with Crippen molar-refractivity contribution in [2.75, 3.05) is 69.4 Å². The molecular weight excluding hydrogens is 936 g/mol. The number of hydrogen-bond donors (Lipinski definition) is 1. The fourth-order valence-corrected chi connectivity index (χ4v) is 11.2. The third kappa shape index (κ3) is 12.2. The highest BCUT2D eigenvalue weighted by Gasteiger charge is 2.32. The van der Waals surface area contributed by atoms with Crippen LogP contribution in [0.1, 0.15) is 61.9 Å². The van der Waals surface area contributed by atoms with Crippen LogP contribution in [-0.4, -0.2) is 113 Å². The number of aromatic nitrogens is 3. The van der Waals surface area contributed by atoms with Crippen molar-refractivity contribution < 1.29 is 32.3 Å². The second-order valence-electron chi connectivity index (χ2n) is 20.3. The first-order chi connectivity index (χ1) is 32.8. The first-order valence-corrected chi connectivity index (χ1v) is 29.2. The van der Waals surface area contributed by atoms with Gasteiger partial charge in [0.05, 0.1) is 20.9 Å². The summed E-state index contributed by atoms with van der Waals surface area (Å²) >= 11 is 6.27. The van der Waals surface area contributed by atoms with Crippen LogP contribution in [0.5, 0.6) is 11.5 Å². The number of carbonyl (C=O) groups excluding carboxylic acids is 1. The molecule has 0 bridgehead atoms. The van der Waals surface area contributed by atoms with E-state index < -0.39 is 39.5 Å². The molecule has 1 N–H and O–H groups in total. The van der Waals surface area contributed by atoms with Crippen LogP contribution < -0.4 is 19.3 Å². The van der Waals surface area contributed by atoms with Crippen LogP contribution in [0.4, 0.5) is 17.1 Å². The topological polar surface area (TPSA) is 174 Å². The number of carbonyl (C=O) groups is 1. The van der Waals surface area contributed by atoms with E-state index >= 15 is 0 Å². The average molecular weight is 1000 g/mol. The molecule has 2 aliphatic heterocycles. The fraction of sp³-hybridized carbons (Fsp3) is 0.460. The minimum atomic E-state index is -4.61. The van der Waals surface area contributed by atoms with Crippen LogP contribution in [0, 0.1) is 15.5 Å². The van der Waals surface area contributed by atoms with E-state index in [9.17, 15) is 23.3 Å². The smallest absolute Gasteiger partial charge is 0.293 e. The Morgan fingerprint density at radius 2 is 1.74 bits per heavy atom. The Balaban J connectivity index is 1.05. The van der Waals surface area contributed by atoms with Gasteiger partial charge in [-0.15, -0.1) is 5.10 Å². The summed E-state index contributed by atoms with van der Waals surface area (Å²) in [6.45, 7) is 17.3. The van der Waals surface area contributed by atoms with Gasteiger partial charge in [0.2, 0.25) is 0 Å². The Kier molecular flexibility index (Phi) is 15.2. The lowest BCUT2D eigenvalue weighted by Crippen LogP contribution is -2.47. The van der Waals surface area contributed by atoms with E-state index in [1.165, 1.54) is 28.8 Å². The predicted octanol–water partition coefficient (Wildman–Crippen LogP) is 9.62. The van der Waals surface area contributed by atoms with Crippen molar-refractivity contribution in [3.8, 4) is 11.5 Å². The number of nitro groups is 1. The molecule has 2 saturated heterocycles. The molecule has 16 nitrogen and oxygen atoms in total. The highest BCUT2D eigenvalue weighted by molar-refractivity contribution is 7.90. The fourth-order valence-electron chi connectivity index (χ4n) is 9.29. The largest absolute Gasteiger partial charge is 0.454 e. The molecule has 368 valence electrons. The number of anilines is 2. The van der Waals surface area contributed by atoms with Crippen molar-refractivity contribution >= 4 is 69.3 Å². The number of fused-ring (bicyclic) bond motifs is 1. The maximum atomic E-state index is 14.2. The van der Waals surface area contributed by atoms with Crippen molar-refractivity contribution in [1.29, 1.82) is 0 Å². The van der Waals surface area contributed by atoms with Crippen LogP contribution in [-0.2, 0) is 26.2 Å². The molecule has 2 fully saturated rings. The number of nitro benzene ring substituents is 1. The second-order valence-corrected chi connectivity index (χ2v) is 28.1. The van der Waals surface area contributed by atoms with E-state index in [1.54, 1.807) is 47.0 Å². The van der Waals surface area contributed by atoms with E-state index in [0.717, 1.165) is 61.7 Å². The maximum absolute atomic E-state index is 14.2. The van der Waals surface area contributed by atoms with E-state index in [1.807, 2.05) is 18.2 Å². The summed E-state index contributed by atoms with van der Waals surface area (Å²) in [5, 5.41) is 21.8. The number of benzene rings is 4. The molecule has 19 heteroatoms. The van der Waals surface area contributed by atoms with Gasteiger partial charge in [-0.3, -0.25) is 19.8 Å². The normalized spacial score (nSPS) is 17.3. The SMILES string of the molecule is CN(c1ccc(S(=O)(=O)NC(=O)c2ccc(N3CCN(CC4=C(c5ccc(Cl)cc5)CC(C)(C)CC4)CC3)cc2Oc2cccc3c2nnn3COCC[Si](C)(C)C)cc1[N+](=O)[O-])C1CCOCC1. The average Bonchev–Trinajstić information content (AvgIpc) is 3.74. The van der Waals surface area contributed by atoms with Gasteiger partial charge in [0, 0.05) is 96.6 Å². The van der Waals surface area contributed by atoms with Crippen molar-refractivity contribution in [3.63, 3.8) is 0 Å². The highest BCUT2D eigenvalue weighted by atomic mass is 35.5. The van der Waals surface area contributed by atoms with Gasteiger partial charge in [-0.25, -0.2) is 17.8 Å². The monoisotopic (exact) mass is 998 g/mol. The number of amides is 1. The van der Waals surface area contributed by atoms with E-state index in [0.29, 0.717) is 62.5 Å². The molecule has 1 amide bonds. The summed E-state index contributed by atoms with van der Waals surface area (Å²) in [5.74, 6) is -0.572. The van der Waals surface area contributed by atoms with Crippen molar-refractivity contribution in [2.45, 2.75) is 89.3 Å². The summed E-state index contributed by atoms with van der Waals surface area (Å²) in [4.78, 5) is 32.0. The highest BCUT2D eigenvalue weighted by Crippen LogP contribution is 2.44. The lowest BCUT2D eigenvalue weighted by atomic mass is 9.72. The number of nitrogens with one attached hydrogen (secondary N) is 1. The van der Waals surface area contributed by atoms with Crippen molar-refractivity contribution in [2.24, 2.45) is 5.41 Å². The molecule has 5 aromatic rings. The number of halogens is 1. The van der Waals surface area contributed by atoms with Crippen molar-refractivity contribution in [3.05, 3.63) is 111 Å². The third-order valence-electron chi connectivity index (χ3n) is 13.5. The number of piperazine rings is 1. The van der Waals surface area contributed by atoms with Crippen LogP contribution in [0.2, 0.25) is 30.7 Å². The summed E-state index contributed by atoms with van der Waals surface area (Å²) < 4.78 is 49.7. The van der Waals surface area contributed by atoms with Crippen molar-refractivity contribution in [1.82, 2.24) is 24.6 Å². The summed E-state index contributed by atoms with van der Waals surface area (Å²) in [7, 11) is -4.17. The number of rotatable bonds is 17. The molecule has 69 heavy (non-hydrogen) atoms. The van der Waals surface area contributed by atoms with Gasteiger partial charge in [-0.1, -0.05) is 74.1 Å². The van der Waals surface area contributed by atoms with Gasteiger partial charge in [-0.2, -0.15) is 0 Å². The van der Waals surface area contributed by atoms with Crippen LogP contribution >= 0.6 is 11.6 Å². The molecule has 0 unspecified atom stereocenters. The van der Waals surface area contributed by atoms with Crippen LogP contribution in [0.3, 0.4) is 0 Å². The molecule has 0 radical (unpaired) electrons. The molecule has 3 heterocycles. The van der Waals surface area contributed by atoms with Crippen LogP contribution in [0.25, 0.3) is 16.6 Å². The molecule has 0 saturated carbocycles. The molecular formula is C50H63ClN8O8SSi. The quantitative estimate of drug-likeness (QED) is 0.0404.